The standard InChI is InChI=1S/C16H27ClN2O/c1-14(15-6-8-16(17)9-7-15)19(2)12-5-4-10-18-11-13-20-3/h6-9,14,18H,4-5,10-13H2,1-3H3. The number of hydrogen-bond donors (Lipinski definition) is 1. The summed E-state index contributed by atoms with van der Waals surface area (Å²) in [6, 6.07) is 8.56. The van der Waals surface area contributed by atoms with Crippen LogP contribution in [0.4, 0.5) is 0 Å². The van der Waals surface area contributed by atoms with E-state index in [0.29, 0.717) is 6.04 Å². The van der Waals surface area contributed by atoms with Gasteiger partial charge in [0.2, 0.25) is 0 Å². The topological polar surface area (TPSA) is 24.5 Å². The lowest BCUT2D eigenvalue weighted by Gasteiger charge is -2.25. The van der Waals surface area contributed by atoms with Gasteiger partial charge in [0.25, 0.3) is 0 Å². The number of methoxy groups -OCH3 is 1. The highest BCUT2D eigenvalue weighted by Gasteiger charge is 2.10. The fourth-order valence-electron chi connectivity index (χ4n) is 2.10. The number of halogens is 1. The van der Waals surface area contributed by atoms with Gasteiger partial charge in [0.15, 0.2) is 0 Å². The molecule has 1 aromatic rings. The van der Waals surface area contributed by atoms with Gasteiger partial charge in [-0.3, -0.25) is 4.90 Å². The first-order chi connectivity index (χ1) is 9.65. The molecule has 1 aromatic carbocycles. The lowest BCUT2D eigenvalue weighted by atomic mass is 10.1. The van der Waals surface area contributed by atoms with E-state index in [0.717, 1.165) is 31.3 Å². The van der Waals surface area contributed by atoms with Gasteiger partial charge in [-0.15, -0.1) is 0 Å². The van der Waals surface area contributed by atoms with Gasteiger partial charge < -0.3 is 10.1 Å². The Bertz CT molecular complexity index is 356. The third-order valence-electron chi connectivity index (χ3n) is 3.61. The first-order valence-electron chi connectivity index (χ1n) is 7.30. The van der Waals surface area contributed by atoms with Crippen LogP contribution in [0.5, 0.6) is 0 Å². The summed E-state index contributed by atoms with van der Waals surface area (Å²) in [6.07, 6.45) is 2.40. The maximum Gasteiger partial charge on any atom is 0.0587 e. The van der Waals surface area contributed by atoms with Crippen molar-refractivity contribution in [1.29, 1.82) is 0 Å². The second-order valence-electron chi connectivity index (χ2n) is 5.16. The Morgan fingerprint density at radius 1 is 1.20 bits per heavy atom. The monoisotopic (exact) mass is 298 g/mol. The summed E-state index contributed by atoms with van der Waals surface area (Å²) in [7, 11) is 3.91. The molecule has 3 nitrogen and oxygen atoms in total. The second-order valence-corrected chi connectivity index (χ2v) is 5.59. The number of nitrogens with one attached hydrogen (secondary N) is 1. The van der Waals surface area contributed by atoms with Crippen LogP contribution in [0.2, 0.25) is 5.02 Å². The molecule has 0 bridgehead atoms. The largest absolute Gasteiger partial charge is 0.383 e. The van der Waals surface area contributed by atoms with Crippen molar-refractivity contribution < 1.29 is 4.74 Å². The molecule has 0 saturated carbocycles. The number of rotatable bonds is 10. The van der Waals surface area contributed by atoms with Crippen molar-refractivity contribution in [2.24, 2.45) is 0 Å². The lowest BCUT2D eigenvalue weighted by Crippen LogP contribution is -2.25. The van der Waals surface area contributed by atoms with E-state index in [1.807, 2.05) is 12.1 Å². The van der Waals surface area contributed by atoms with E-state index in [-0.39, 0.29) is 0 Å². The molecule has 0 aliphatic heterocycles. The Morgan fingerprint density at radius 2 is 1.90 bits per heavy atom. The molecule has 0 aliphatic rings. The van der Waals surface area contributed by atoms with Crippen molar-refractivity contribution in [1.82, 2.24) is 10.2 Å². The molecule has 0 spiro atoms. The SMILES string of the molecule is COCCNCCCCN(C)C(C)c1ccc(Cl)cc1. The quantitative estimate of drug-likeness (QED) is 0.671. The molecule has 0 radical (unpaired) electrons. The third-order valence-corrected chi connectivity index (χ3v) is 3.86. The highest BCUT2D eigenvalue weighted by molar-refractivity contribution is 6.30. The van der Waals surface area contributed by atoms with Crippen molar-refractivity contribution in [2.75, 3.05) is 40.4 Å². The van der Waals surface area contributed by atoms with Crippen molar-refractivity contribution in [2.45, 2.75) is 25.8 Å². The summed E-state index contributed by atoms with van der Waals surface area (Å²) < 4.78 is 5.00. The minimum Gasteiger partial charge on any atom is -0.383 e. The molecular weight excluding hydrogens is 272 g/mol. The van der Waals surface area contributed by atoms with Gasteiger partial charge in [0, 0.05) is 24.7 Å². The van der Waals surface area contributed by atoms with Crippen LogP contribution in [-0.2, 0) is 4.74 Å². The van der Waals surface area contributed by atoms with Crippen LogP contribution in [0.25, 0.3) is 0 Å². The lowest BCUT2D eigenvalue weighted by molar-refractivity contribution is 0.199. The van der Waals surface area contributed by atoms with Crippen molar-refractivity contribution >= 4 is 11.6 Å². The van der Waals surface area contributed by atoms with Gasteiger partial charge in [-0.2, -0.15) is 0 Å². The van der Waals surface area contributed by atoms with E-state index < -0.39 is 0 Å². The van der Waals surface area contributed by atoms with Gasteiger partial charge in [-0.05, 0) is 57.6 Å². The molecule has 4 heteroatoms. The number of unbranched alkanes of at least 4 members (excludes halogenated alkanes) is 1. The molecule has 114 valence electrons. The average Bonchev–Trinajstić information content (AvgIpc) is 2.46. The minimum atomic E-state index is 0.425. The summed E-state index contributed by atoms with van der Waals surface area (Å²) in [4.78, 5) is 2.39. The van der Waals surface area contributed by atoms with Crippen molar-refractivity contribution in [3.05, 3.63) is 34.9 Å². The Hall–Kier alpha value is -0.610. The van der Waals surface area contributed by atoms with Crippen molar-refractivity contribution in [3.8, 4) is 0 Å². The van der Waals surface area contributed by atoms with Gasteiger partial charge in [0.1, 0.15) is 0 Å². The van der Waals surface area contributed by atoms with E-state index in [2.05, 4.69) is 36.3 Å². The van der Waals surface area contributed by atoms with Crippen LogP contribution >= 0.6 is 11.6 Å². The van der Waals surface area contributed by atoms with E-state index >= 15 is 0 Å². The molecule has 20 heavy (non-hydrogen) atoms. The zero-order valence-corrected chi connectivity index (χ0v) is 13.6. The first-order valence-corrected chi connectivity index (χ1v) is 7.68. The highest BCUT2D eigenvalue weighted by Crippen LogP contribution is 2.20. The fourth-order valence-corrected chi connectivity index (χ4v) is 2.23. The number of ether oxygens (including phenoxy) is 1. The highest BCUT2D eigenvalue weighted by atomic mass is 35.5. The summed E-state index contributed by atoms with van der Waals surface area (Å²) in [5.41, 5.74) is 1.31. The average molecular weight is 299 g/mol. The van der Waals surface area contributed by atoms with Crippen LogP contribution in [-0.4, -0.2) is 45.3 Å². The fraction of sp³-hybridized carbons (Fsp3) is 0.625. The van der Waals surface area contributed by atoms with E-state index in [1.165, 1.54) is 18.4 Å². The Balaban J connectivity index is 2.18. The zero-order valence-electron chi connectivity index (χ0n) is 12.9. The molecule has 1 rings (SSSR count). The van der Waals surface area contributed by atoms with Crippen LogP contribution in [0.1, 0.15) is 31.4 Å². The Labute approximate surface area is 128 Å². The molecule has 0 amide bonds. The Kier molecular flexibility index (Phi) is 8.86. The van der Waals surface area contributed by atoms with Crippen LogP contribution in [0.3, 0.4) is 0 Å². The van der Waals surface area contributed by atoms with Gasteiger partial charge in [0.05, 0.1) is 6.61 Å². The molecule has 0 saturated heterocycles. The van der Waals surface area contributed by atoms with E-state index in [1.54, 1.807) is 7.11 Å². The number of hydrogen-bond acceptors (Lipinski definition) is 3. The maximum atomic E-state index is 5.92. The molecule has 1 atom stereocenters. The first kappa shape index (κ1) is 17.4. The summed E-state index contributed by atoms with van der Waals surface area (Å²) in [5.74, 6) is 0. The predicted octanol–water partition coefficient (Wildman–Crippen LogP) is 3.35. The third kappa shape index (κ3) is 6.71. The number of benzene rings is 1. The molecule has 0 aliphatic carbocycles. The Morgan fingerprint density at radius 3 is 2.55 bits per heavy atom. The predicted molar refractivity (Wildman–Crippen MR) is 86.5 cm³/mol. The van der Waals surface area contributed by atoms with Crippen LogP contribution < -0.4 is 5.32 Å². The molecule has 0 fully saturated rings. The second kappa shape index (κ2) is 10.2. The van der Waals surface area contributed by atoms with Crippen molar-refractivity contribution in [3.63, 3.8) is 0 Å². The molecule has 1 N–H and O–H groups in total. The molecule has 0 aromatic heterocycles. The zero-order chi connectivity index (χ0) is 14.8. The minimum absolute atomic E-state index is 0.425. The van der Waals surface area contributed by atoms with E-state index in [4.69, 9.17) is 16.3 Å². The van der Waals surface area contributed by atoms with Gasteiger partial charge in [-0.25, -0.2) is 0 Å². The van der Waals surface area contributed by atoms with Crippen LogP contribution in [0.15, 0.2) is 24.3 Å². The maximum absolute atomic E-state index is 5.92. The normalized spacial score (nSPS) is 12.8. The van der Waals surface area contributed by atoms with E-state index in [9.17, 15) is 0 Å². The molecule has 0 heterocycles. The summed E-state index contributed by atoms with van der Waals surface area (Å²) in [6.45, 7) is 6.13. The molecule has 1 unspecified atom stereocenters. The summed E-state index contributed by atoms with van der Waals surface area (Å²) in [5, 5.41) is 4.17. The van der Waals surface area contributed by atoms with Crippen LogP contribution in [0, 0.1) is 0 Å². The smallest absolute Gasteiger partial charge is 0.0587 e. The number of nitrogens with zero attached hydrogens (tertiary/aromatic N) is 1. The molecular formula is C16H27ClN2O. The van der Waals surface area contributed by atoms with Gasteiger partial charge >= 0.3 is 0 Å². The van der Waals surface area contributed by atoms with Gasteiger partial charge in [-0.1, -0.05) is 23.7 Å². The summed E-state index contributed by atoms with van der Waals surface area (Å²) >= 11 is 5.92.